The molecular weight excluding hydrogens is 266 g/mol. The predicted molar refractivity (Wildman–Crippen MR) is 84.7 cm³/mol. The van der Waals surface area contributed by atoms with Gasteiger partial charge in [0.15, 0.2) is 0 Å². The molecule has 2 amide bonds. The van der Waals surface area contributed by atoms with Gasteiger partial charge in [0.05, 0.1) is 0 Å². The van der Waals surface area contributed by atoms with E-state index in [1.807, 2.05) is 38.2 Å². The molecular formula is C15H23N5O. The van der Waals surface area contributed by atoms with Crippen LogP contribution in [0.15, 0.2) is 24.3 Å². The highest BCUT2D eigenvalue weighted by atomic mass is 16.2. The Kier molecular flexibility index (Phi) is 4.47. The lowest BCUT2D eigenvalue weighted by Crippen LogP contribution is -2.62. The van der Waals surface area contributed by atoms with Gasteiger partial charge in [-0.2, -0.15) is 0 Å². The number of anilines is 1. The molecule has 1 fully saturated rings. The molecule has 6 nitrogen and oxygen atoms in total. The molecule has 114 valence electrons. The highest BCUT2D eigenvalue weighted by Crippen LogP contribution is 2.22. The van der Waals surface area contributed by atoms with Crippen LogP contribution in [-0.4, -0.2) is 42.4 Å². The molecule has 2 rings (SSSR count). The number of amides is 2. The van der Waals surface area contributed by atoms with E-state index in [0.717, 1.165) is 24.3 Å². The zero-order valence-corrected chi connectivity index (χ0v) is 12.6. The summed E-state index contributed by atoms with van der Waals surface area (Å²) in [7, 11) is 2.02. The molecule has 0 aromatic heterocycles. The SMILES string of the molecule is Cc1cccc(NC(=O)NC2(C(=N)N)CCN(C)CC2)c1. The third kappa shape index (κ3) is 3.72. The number of urea groups is 1. The maximum Gasteiger partial charge on any atom is 0.320 e. The predicted octanol–water partition coefficient (Wildman–Crippen LogP) is 1.52. The molecule has 0 radical (unpaired) electrons. The minimum atomic E-state index is -0.736. The van der Waals surface area contributed by atoms with Gasteiger partial charge in [-0.1, -0.05) is 12.1 Å². The first kappa shape index (κ1) is 15.3. The third-order valence-electron chi connectivity index (χ3n) is 3.98. The maximum atomic E-state index is 12.2. The average Bonchev–Trinajstić information content (AvgIpc) is 2.41. The van der Waals surface area contributed by atoms with Gasteiger partial charge in [0.2, 0.25) is 0 Å². The highest BCUT2D eigenvalue weighted by Gasteiger charge is 2.38. The first-order valence-corrected chi connectivity index (χ1v) is 7.10. The lowest BCUT2D eigenvalue weighted by Gasteiger charge is -2.40. The topological polar surface area (TPSA) is 94.2 Å². The molecule has 5 N–H and O–H groups in total. The number of hydrogen-bond acceptors (Lipinski definition) is 3. The number of amidine groups is 1. The Hall–Kier alpha value is -2.08. The minimum Gasteiger partial charge on any atom is -0.386 e. The standard InChI is InChI=1S/C15H23N5O/c1-11-4-3-5-12(10-11)18-14(21)19-15(13(16)17)6-8-20(2)9-7-15/h3-5,10H,6-9H2,1-2H3,(H3,16,17)(H2,18,19,21). The maximum absolute atomic E-state index is 12.2. The number of rotatable bonds is 3. The van der Waals surface area contributed by atoms with Gasteiger partial charge in [0.25, 0.3) is 0 Å². The first-order chi connectivity index (χ1) is 9.91. The summed E-state index contributed by atoms with van der Waals surface area (Å²) in [5.74, 6) is 0.0231. The lowest BCUT2D eigenvalue weighted by atomic mass is 9.86. The number of carbonyl (C=O) groups excluding carboxylic acids is 1. The van der Waals surface area contributed by atoms with Crippen LogP contribution in [0, 0.1) is 12.3 Å². The molecule has 0 aliphatic carbocycles. The summed E-state index contributed by atoms with van der Waals surface area (Å²) in [6.45, 7) is 3.59. The summed E-state index contributed by atoms with van der Waals surface area (Å²) < 4.78 is 0. The van der Waals surface area contributed by atoms with Crippen molar-refractivity contribution < 1.29 is 4.79 Å². The molecule has 21 heavy (non-hydrogen) atoms. The van der Waals surface area contributed by atoms with Crippen molar-refractivity contribution >= 4 is 17.6 Å². The fraction of sp³-hybridized carbons (Fsp3) is 0.467. The lowest BCUT2D eigenvalue weighted by molar-refractivity contribution is 0.198. The van der Waals surface area contributed by atoms with E-state index in [4.69, 9.17) is 11.1 Å². The first-order valence-electron chi connectivity index (χ1n) is 7.10. The normalized spacial score (nSPS) is 18.0. The third-order valence-corrected chi connectivity index (χ3v) is 3.98. The van der Waals surface area contributed by atoms with Crippen molar-refractivity contribution in [2.24, 2.45) is 5.73 Å². The van der Waals surface area contributed by atoms with Crippen LogP contribution in [0.4, 0.5) is 10.5 Å². The van der Waals surface area contributed by atoms with E-state index < -0.39 is 5.54 Å². The highest BCUT2D eigenvalue weighted by molar-refractivity contribution is 5.96. The summed E-state index contributed by atoms with van der Waals surface area (Å²) in [6, 6.07) is 7.27. The molecule has 0 saturated carbocycles. The largest absolute Gasteiger partial charge is 0.386 e. The molecule has 0 atom stereocenters. The molecule has 1 aromatic carbocycles. The number of likely N-dealkylation sites (tertiary alicyclic amines) is 1. The molecule has 1 heterocycles. The summed E-state index contributed by atoms with van der Waals surface area (Å²) in [6.07, 6.45) is 1.31. The Morgan fingerprint density at radius 1 is 1.38 bits per heavy atom. The van der Waals surface area contributed by atoms with Gasteiger partial charge in [-0.15, -0.1) is 0 Å². The van der Waals surface area contributed by atoms with Crippen molar-refractivity contribution in [1.29, 1.82) is 5.41 Å². The van der Waals surface area contributed by atoms with Crippen molar-refractivity contribution in [2.45, 2.75) is 25.3 Å². The van der Waals surface area contributed by atoms with Crippen molar-refractivity contribution in [3.63, 3.8) is 0 Å². The van der Waals surface area contributed by atoms with Crippen LogP contribution in [-0.2, 0) is 0 Å². The fourth-order valence-electron chi connectivity index (χ4n) is 2.56. The molecule has 6 heteroatoms. The van der Waals surface area contributed by atoms with E-state index in [2.05, 4.69) is 15.5 Å². The number of nitrogens with one attached hydrogen (secondary N) is 3. The van der Waals surface area contributed by atoms with E-state index in [9.17, 15) is 4.79 Å². The van der Waals surface area contributed by atoms with Gasteiger partial charge in [-0.05, 0) is 44.5 Å². The molecule has 0 bridgehead atoms. The number of aryl methyl sites for hydroxylation is 1. The van der Waals surface area contributed by atoms with Gasteiger partial charge >= 0.3 is 6.03 Å². The average molecular weight is 289 g/mol. The Labute approximate surface area is 125 Å². The van der Waals surface area contributed by atoms with Crippen LogP contribution < -0.4 is 16.4 Å². The Morgan fingerprint density at radius 2 is 2.05 bits per heavy atom. The van der Waals surface area contributed by atoms with E-state index in [1.54, 1.807) is 0 Å². The second kappa shape index (κ2) is 6.13. The summed E-state index contributed by atoms with van der Waals surface area (Å²) in [5, 5.41) is 13.5. The van der Waals surface area contributed by atoms with Crippen molar-refractivity contribution in [3.05, 3.63) is 29.8 Å². The van der Waals surface area contributed by atoms with Crippen LogP contribution in [0.5, 0.6) is 0 Å². The van der Waals surface area contributed by atoms with E-state index in [0.29, 0.717) is 12.8 Å². The van der Waals surface area contributed by atoms with Crippen molar-refractivity contribution in [2.75, 3.05) is 25.5 Å². The van der Waals surface area contributed by atoms with Gasteiger partial charge in [-0.3, -0.25) is 5.41 Å². The molecule has 1 aliphatic heterocycles. The number of nitrogens with zero attached hydrogens (tertiary/aromatic N) is 1. The number of piperidine rings is 1. The number of carbonyl (C=O) groups is 1. The summed E-state index contributed by atoms with van der Waals surface area (Å²) in [5.41, 5.74) is 6.81. The Morgan fingerprint density at radius 3 is 2.62 bits per heavy atom. The monoisotopic (exact) mass is 289 g/mol. The van der Waals surface area contributed by atoms with Crippen LogP contribution >= 0.6 is 0 Å². The van der Waals surface area contributed by atoms with Crippen LogP contribution in [0.1, 0.15) is 18.4 Å². The van der Waals surface area contributed by atoms with Crippen LogP contribution in [0.2, 0.25) is 0 Å². The Bertz CT molecular complexity index is 535. The molecule has 1 saturated heterocycles. The summed E-state index contributed by atoms with van der Waals surface area (Å²) in [4.78, 5) is 14.4. The van der Waals surface area contributed by atoms with Gasteiger partial charge in [0.1, 0.15) is 11.4 Å². The van der Waals surface area contributed by atoms with E-state index in [-0.39, 0.29) is 11.9 Å². The van der Waals surface area contributed by atoms with Gasteiger partial charge in [0, 0.05) is 18.8 Å². The van der Waals surface area contributed by atoms with Crippen LogP contribution in [0.25, 0.3) is 0 Å². The number of benzene rings is 1. The molecule has 0 spiro atoms. The smallest absolute Gasteiger partial charge is 0.320 e. The second-order valence-corrected chi connectivity index (χ2v) is 5.75. The van der Waals surface area contributed by atoms with Crippen LogP contribution in [0.3, 0.4) is 0 Å². The second-order valence-electron chi connectivity index (χ2n) is 5.75. The minimum absolute atomic E-state index is 0.0231. The zero-order valence-electron chi connectivity index (χ0n) is 12.6. The van der Waals surface area contributed by atoms with Gasteiger partial charge in [-0.25, -0.2) is 4.79 Å². The number of hydrogen-bond donors (Lipinski definition) is 4. The quantitative estimate of drug-likeness (QED) is 0.502. The van der Waals surface area contributed by atoms with E-state index >= 15 is 0 Å². The fourth-order valence-corrected chi connectivity index (χ4v) is 2.56. The molecule has 1 aliphatic rings. The summed E-state index contributed by atoms with van der Waals surface area (Å²) >= 11 is 0. The van der Waals surface area contributed by atoms with Gasteiger partial charge < -0.3 is 21.3 Å². The van der Waals surface area contributed by atoms with Crippen molar-refractivity contribution in [1.82, 2.24) is 10.2 Å². The zero-order chi connectivity index (χ0) is 15.5. The van der Waals surface area contributed by atoms with Crippen molar-refractivity contribution in [3.8, 4) is 0 Å². The number of nitrogens with two attached hydrogens (primary N) is 1. The van der Waals surface area contributed by atoms with E-state index in [1.165, 1.54) is 0 Å². The Balaban J connectivity index is 2.04. The molecule has 1 aromatic rings. The molecule has 0 unspecified atom stereocenters.